The van der Waals surface area contributed by atoms with Gasteiger partial charge in [-0.05, 0) is 49.6 Å². The van der Waals surface area contributed by atoms with Crippen molar-refractivity contribution >= 4 is 58.5 Å². The van der Waals surface area contributed by atoms with Crippen molar-refractivity contribution < 1.29 is 14.8 Å². The Morgan fingerprint density at radius 3 is 2.59 bits per heavy atom. The van der Waals surface area contributed by atoms with Crippen molar-refractivity contribution in [3.8, 4) is 0 Å². The molecule has 0 radical (unpaired) electrons. The molecule has 2 amide bonds. The van der Waals surface area contributed by atoms with E-state index in [0.29, 0.717) is 22.0 Å². The number of pyridine rings is 1. The normalized spacial score (nSPS) is 14.3. The third-order valence-corrected chi connectivity index (χ3v) is 7.30. The van der Waals surface area contributed by atoms with Gasteiger partial charge >= 0.3 is 0 Å². The van der Waals surface area contributed by atoms with E-state index >= 15 is 0 Å². The predicted molar refractivity (Wildman–Crippen MR) is 159 cm³/mol. The maximum atomic E-state index is 13.1. The highest BCUT2D eigenvalue weighted by Crippen LogP contribution is 2.27. The van der Waals surface area contributed by atoms with Crippen molar-refractivity contribution in [1.82, 2.24) is 20.0 Å². The van der Waals surface area contributed by atoms with Crippen LogP contribution < -0.4 is 21.5 Å². The number of hydrogen-bond acceptors (Lipinski definition) is 8. The van der Waals surface area contributed by atoms with E-state index in [1.807, 2.05) is 23.1 Å². The standard InChI is InChI=1S/C28H28ClN7O4.ClH/c1-16(17-5-3-2-4-6-17)36(40)27(39)18-7-8-22(29)23(14-18)32-25(37)21-13-19-15-31-28(34-24(19)33-26(21)38)35-11-9-20(30)10-12-35;/h2-8,13-16,20,40H,9-12,30H2,1H3,(H,32,37)(H,31,33,34,38);1H. The molecule has 0 aliphatic carbocycles. The van der Waals surface area contributed by atoms with Gasteiger partial charge < -0.3 is 20.9 Å². The fourth-order valence-corrected chi connectivity index (χ4v) is 4.69. The number of nitrogens with two attached hydrogens (primary N) is 1. The number of hydroxylamine groups is 2. The van der Waals surface area contributed by atoms with Crippen LogP contribution in [-0.2, 0) is 0 Å². The van der Waals surface area contributed by atoms with E-state index in [0.717, 1.165) is 31.5 Å². The van der Waals surface area contributed by atoms with Crippen LogP contribution in [0.1, 0.15) is 52.1 Å². The molecule has 2 aromatic carbocycles. The Morgan fingerprint density at radius 2 is 1.88 bits per heavy atom. The second-order valence-electron chi connectivity index (χ2n) is 9.70. The number of piperidine rings is 1. The van der Waals surface area contributed by atoms with Gasteiger partial charge in [0.15, 0.2) is 0 Å². The van der Waals surface area contributed by atoms with Crippen LogP contribution in [0, 0.1) is 0 Å². The van der Waals surface area contributed by atoms with E-state index < -0.39 is 23.4 Å². The number of benzene rings is 2. The Labute approximate surface area is 246 Å². The van der Waals surface area contributed by atoms with Gasteiger partial charge in [0, 0.05) is 36.3 Å². The van der Waals surface area contributed by atoms with Crippen molar-refractivity contribution in [2.24, 2.45) is 5.73 Å². The van der Waals surface area contributed by atoms with E-state index in [9.17, 15) is 19.6 Å². The van der Waals surface area contributed by atoms with E-state index in [-0.39, 0.29) is 40.3 Å². The van der Waals surface area contributed by atoms with Gasteiger partial charge in [-0.1, -0.05) is 41.9 Å². The van der Waals surface area contributed by atoms with Crippen LogP contribution >= 0.6 is 24.0 Å². The summed E-state index contributed by atoms with van der Waals surface area (Å²) in [7, 11) is 0. The molecular formula is C28H29Cl2N7O4. The molecule has 3 heterocycles. The second kappa shape index (κ2) is 12.6. The lowest BCUT2D eigenvalue weighted by Gasteiger charge is -2.30. The average molecular weight is 598 g/mol. The molecule has 0 spiro atoms. The third kappa shape index (κ3) is 6.49. The minimum absolute atomic E-state index is 0. The minimum atomic E-state index is -0.734. The van der Waals surface area contributed by atoms with Crippen LogP contribution in [0.3, 0.4) is 0 Å². The number of anilines is 2. The number of carbonyl (C=O) groups is 2. The fraction of sp³-hybridized carbons (Fsp3) is 0.250. The Kier molecular flexibility index (Phi) is 9.24. The van der Waals surface area contributed by atoms with Crippen LogP contribution in [-0.4, -0.2) is 56.2 Å². The largest absolute Gasteiger partial charge is 0.341 e. The monoisotopic (exact) mass is 597 g/mol. The number of fused-ring (bicyclic) bond motifs is 1. The van der Waals surface area contributed by atoms with Crippen LogP contribution in [0.25, 0.3) is 11.0 Å². The number of halogens is 2. The fourth-order valence-electron chi connectivity index (χ4n) is 4.53. The van der Waals surface area contributed by atoms with Crippen molar-refractivity contribution in [1.29, 1.82) is 0 Å². The topological polar surface area (TPSA) is 158 Å². The highest BCUT2D eigenvalue weighted by Gasteiger charge is 2.23. The smallest absolute Gasteiger partial charge is 0.277 e. The number of nitrogens with zero attached hydrogens (tertiary/aromatic N) is 4. The Bertz CT molecular complexity index is 1630. The van der Waals surface area contributed by atoms with Crippen LogP contribution in [0.15, 0.2) is 65.6 Å². The molecule has 0 saturated carbocycles. The van der Waals surface area contributed by atoms with Gasteiger partial charge in [-0.2, -0.15) is 4.98 Å². The van der Waals surface area contributed by atoms with Crippen LogP contribution in [0.5, 0.6) is 0 Å². The zero-order valence-corrected chi connectivity index (χ0v) is 23.7. The lowest BCUT2D eigenvalue weighted by molar-refractivity contribution is -0.0854. The SMILES string of the molecule is CC(c1ccccc1)N(O)C(=O)c1ccc(Cl)c(NC(=O)c2cc3cnc(N4CCC(N)CC4)nc3[nH]c2=O)c1.Cl. The number of carbonyl (C=O) groups excluding carboxylic acids is 2. The Balaban J connectivity index is 0.00000387. The van der Waals surface area contributed by atoms with E-state index in [2.05, 4.69) is 20.3 Å². The van der Waals surface area contributed by atoms with E-state index in [1.54, 1.807) is 25.3 Å². The number of rotatable bonds is 6. The molecule has 4 aromatic rings. The maximum absolute atomic E-state index is 13.1. The first kappa shape index (κ1) is 29.9. The van der Waals surface area contributed by atoms with Crippen molar-refractivity contribution in [2.75, 3.05) is 23.3 Å². The summed E-state index contributed by atoms with van der Waals surface area (Å²) in [5, 5.41) is 14.4. The van der Waals surface area contributed by atoms with Gasteiger partial charge in [-0.25, -0.2) is 10.0 Å². The Hall–Kier alpha value is -4.03. The van der Waals surface area contributed by atoms with Gasteiger partial charge in [0.05, 0.1) is 16.8 Å². The number of amides is 2. The lowest BCUT2D eigenvalue weighted by Crippen LogP contribution is -2.40. The molecule has 11 nitrogen and oxygen atoms in total. The molecule has 5 N–H and O–H groups in total. The molecule has 0 bridgehead atoms. The highest BCUT2D eigenvalue weighted by molar-refractivity contribution is 6.34. The number of aromatic nitrogens is 3. The van der Waals surface area contributed by atoms with Crippen molar-refractivity contribution in [3.63, 3.8) is 0 Å². The molecule has 1 atom stereocenters. The molecule has 13 heteroatoms. The second-order valence-corrected chi connectivity index (χ2v) is 10.1. The first-order valence-electron chi connectivity index (χ1n) is 12.8. The Morgan fingerprint density at radius 1 is 1.17 bits per heavy atom. The lowest BCUT2D eigenvalue weighted by atomic mass is 10.1. The van der Waals surface area contributed by atoms with Gasteiger partial charge in [0.25, 0.3) is 17.4 Å². The van der Waals surface area contributed by atoms with Gasteiger partial charge in [-0.3, -0.25) is 19.6 Å². The summed E-state index contributed by atoms with van der Waals surface area (Å²) in [5.74, 6) is -0.932. The summed E-state index contributed by atoms with van der Waals surface area (Å²) in [4.78, 5) is 52.4. The molecule has 2 aromatic heterocycles. The highest BCUT2D eigenvalue weighted by atomic mass is 35.5. The minimum Gasteiger partial charge on any atom is -0.341 e. The zero-order chi connectivity index (χ0) is 28.4. The quantitative estimate of drug-likeness (QED) is 0.190. The first-order valence-corrected chi connectivity index (χ1v) is 13.2. The van der Waals surface area contributed by atoms with Gasteiger partial charge in [0.1, 0.15) is 11.2 Å². The van der Waals surface area contributed by atoms with Gasteiger partial charge in [-0.15, -0.1) is 12.4 Å². The third-order valence-electron chi connectivity index (χ3n) is 6.97. The zero-order valence-electron chi connectivity index (χ0n) is 22.1. The average Bonchev–Trinajstić information content (AvgIpc) is 2.97. The molecule has 41 heavy (non-hydrogen) atoms. The predicted octanol–water partition coefficient (Wildman–Crippen LogP) is 4.17. The van der Waals surface area contributed by atoms with Crippen molar-refractivity contribution in [2.45, 2.75) is 31.8 Å². The van der Waals surface area contributed by atoms with Crippen molar-refractivity contribution in [3.05, 3.63) is 92.9 Å². The number of aromatic amines is 1. The van der Waals surface area contributed by atoms with Crippen LogP contribution in [0.4, 0.5) is 11.6 Å². The summed E-state index contributed by atoms with van der Waals surface area (Å²) in [6.45, 7) is 3.13. The molecule has 1 fully saturated rings. The summed E-state index contributed by atoms with van der Waals surface area (Å²) >= 11 is 6.28. The summed E-state index contributed by atoms with van der Waals surface area (Å²) in [6.07, 6.45) is 3.21. The molecule has 1 aliphatic rings. The first-order chi connectivity index (χ1) is 19.2. The molecule has 214 valence electrons. The van der Waals surface area contributed by atoms with E-state index in [4.69, 9.17) is 17.3 Å². The van der Waals surface area contributed by atoms with Gasteiger partial charge in [0.2, 0.25) is 5.95 Å². The molecule has 1 aliphatic heterocycles. The number of nitrogens with one attached hydrogen (secondary N) is 2. The summed E-state index contributed by atoms with van der Waals surface area (Å²) in [6, 6.07) is 14.2. The number of hydrogen-bond donors (Lipinski definition) is 4. The summed E-state index contributed by atoms with van der Waals surface area (Å²) in [5.41, 5.74) is 6.40. The molecular weight excluding hydrogens is 569 g/mol. The molecule has 1 saturated heterocycles. The van der Waals surface area contributed by atoms with E-state index in [1.165, 1.54) is 24.3 Å². The molecule has 5 rings (SSSR count). The number of H-pyrrole nitrogens is 1. The van der Waals surface area contributed by atoms with Crippen LogP contribution in [0.2, 0.25) is 5.02 Å². The molecule has 1 unspecified atom stereocenters. The summed E-state index contributed by atoms with van der Waals surface area (Å²) < 4.78 is 0. The maximum Gasteiger partial charge on any atom is 0.277 e.